The van der Waals surface area contributed by atoms with Gasteiger partial charge in [0, 0.05) is 0 Å². The van der Waals surface area contributed by atoms with E-state index in [1.54, 1.807) is 0 Å². The molecule has 0 saturated heterocycles. The summed E-state index contributed by atoms with van der Waals surface area (Å²) in [6, 6.07) is 0. The average molecular weight is 206 g/mol. The first-order chi connectivity index (χ1) is 5.81. The fraction of sp³-hybridized carbons (Fsp3) is 0.714. The number of hydrogen-bond acceptors (Lipinski definition) is 0. The molecular weight excluding hydrogens is 198 g/mol. The number of rotatable bonds is 5. The molecule has 0 radical (unpaired) electrons. The largest absolute Gasteiger partial charge is 0.287 e. The van der Waals surface area contributed by atoms with Gasteiger partial charge in [-0.25, -0.2) is 26.3 Å². The third kappa shape index (κ3) is 3.69. The van der Waals surface area contributed by atoms with E-state index in [0.717, 1.165) is 0 Å². The summed E-state index contributed by atoms with van der Waals surface area (Å²) < 4.78 is 72.3. The van der Waals surface area contributed by atoms with Crippen molar-refractivity contribution < 1.29 is 26.3 Å². The Morgan fingerprint density at radius 3 is 1.92 bits per heavy atom. The van der Waals surface area contributed by atoms with E-state index in [0.29, 0.717) is 6.08 Å². The predicted octanol–water partition coefficient (Wildman–Crippen LogP) is 3.14. The van der Waals surface area contributed by atoms with Crippen molar-refractivity contribution in [1.29, 1.82) is 0 Å². The van der Waals surface area contributed by atoms with Crippen molar-refractivity contribution in [1.82, 2.24) is 0 Å². The van der Waals surface area contributed by atoms with Gasteiger partial charge in [-0.05, 0) is 0 Å². The van der Waals surface area contributed by atoms with Crippen LogP contribution in [-0.2, 0) is 0 Å². The smallest absolute Gasteiger partial charge is 0.239 e. The van der Waals surface area contributed by atoms with E-state index >= 15 is 0 Å². The summed E-state index contributed by atoms with van der Waals surface area (Å²) in [7, 11) is 0. The Labute approximate surface area is 71.2 Å². The van der Waals surface area contributed by atoms with Crippen LogP contribution in [0.3, 0.4) is 0 Å². The molecule has 0 fully saturated rings. The van der Waals surface area contributed by atoms with E-state index < -0.39 is 31.1 Å². The highest BCUT2D eigenvalue weighted by atomic mass is 19.3. The standard InChI is InChI=1S/C7H8F6/c1-2-4(8)6(11)7(12,13)3-5(9)10/h2,4-6H,1,3H2. The van der Waals surface area contributed by atoms with Crippen LogP contribution in [0.25, 0.3) is 0 Å². The van der Waals surface area contributed by atoms with Crippen LogP contribution in [0.5, 0.6) is 0 Å². The summed E-state index contributed by atoms with van der Waals surface area (Å²) in [5.74, 6) is -4.36. The molecule has 2 atom stereocenters. The van der Waals surface area contributed by atoms with Crippen LogP contribution < -0.4 is 0 Å². The second kappa shape index (κ2) is 4.53. The third-order valence-corrected chi connectivity index (χ3v) is 1.33. The maximum Gasteiger partial charge on any atom is 0.287 e. The van der Waals surface area contributed by atoms with E-state index in [9.17, 15) is 26.3 Å². The number of halogens is 6. The van der Waals surface area contributed by atoms with Crippen molar-refractivity contribution in [3.8, 4) is 0 Å². The van der Waals surface area contributed by atoms with Crippen molar-refractivity contribution in [2.75, 3.05) is 0 Å². The van der Waals surface area contributed by atoms with Gasteiger partial charge in [-0.3, -0.25) is 0 Å². The Hall–Kier alpha value is -0.680. The van der Waals surface area contributed by atoms with Crippen LogP contribution in [0.15, 0.2) is 12.7 Å². The Bertz CT molecular complexity index is 166. The van der Waals surface area contributed by atoms with Gasteiger partial charge >= 0.3 is 0 Å². The fourth-order valence-electron chi connectivity index (χ4n) is 0.671. The Kier molecular flexibility index (Phi) is 4.29. The number of hydrogen-bond donors (Lipinski definition) is 0. The maximum atomic E-state index is 12.4. The Morgan fingerprint density at radius 1 is 1.15 bits per heavy atom. The summed E-state index contributed by atoms with van der Waals surface area (Å²) in [5, 5.41) is 0. The maximum absolute atomic E-state index is 12.4. The van der Waals surface area contributed by atoms with Gasteiger partial charge in [0.25, 0.3) is 5.92 Å². The van der Waals surface area contributed by atoms with Crippen LogP contribution in [0.2, 0.25) is 0 Å². The lowest BCUT2D eigenvalue weighted by atomic mass is 10.1. The monoisotopic (exact) mass is 206 g/mol. The zero-order valence-electron chi connectivity index (χ0n) is 6.49. The molecule has 0 aromatic rings. The molecule has 0 aliphatic heterocycles. The zero-order chi connectivity index (χ0) is 10.6. The molecule has 2 unspecified atom stereocenters. The molecule has 13 heavy (non-hydrogen) atoms. The van der Waals surface area contributed by atoms with Crippen LogP contribution >= 0.6 is 0 Å². The lowest BCUT2D eigenvalue weighted by Crippen LogP contribution is -2.38. The molecule has 0 aliphatic carbocycles. The number of alkyl halides is 6. The SMILES string of the molecule is C=CC(F)C(F)C(F)(F)CC(F)F. The molecule has 0 rings (SSSR count). The summed E-state index contributed by atoms with van der Waals surface area (Å²) in [6.07, 6.45) is -10.9. The average Bonchev–Trinajstić information content (AvgIpc) is 1.99. The second-order valence-electron chi connectivity index (χ2n) is 2.44. The van der Waals surface area contributed by atoms with Gasteiger partial charge in [-0.2, -0.15) is 0 Å². The first kappa shape index (κ1) is 12.3. The van der Waals surface area contributed by atoms with Gasteiger partial charge in [-0.1, -0.05) is 6.08 Å². The minimum absolute atomic E-state index is 0.310. The summed E-state index contributed by atoms with van der Waals surface area (Å²) in [4.78, 5) is 0. The fourth-order valence-corrected chi connectivity index (χ4v) is 0.671. The Balaban J connectivity index is 4.33. The molecular formula is C7H8F6. The van der Waals surface area contributed by atoms with Gasteiger partial charge in [-0.15, -0.1) is 6.58 Å². The van der Waals surface area contributed by atoms with Gasteiger partial charge in [0.05, 0.1) is 6.42 Å². The minimum Gasteiger partial charge on any atom is -0.239 e. The van der Waals surface area contributed by atoms with Gasteiger partial charge in [0.1, 0.15) is 0 Å². The van der Waals surface area contributed by atoms with Crippen molar-refractivity contribution in [2.24, 2.45) is 0 Å². The third-order valence-electron chi connectivity index (χ3n) is 1.33. The van der Waals surface area contributed by atoms with Crippen molar-refractivity contribution in [3.63, 3.8) is 0 Å². The molecule has 0 spiro atoms. The highest BCUT2D eigenvalue weighted by Crippen LogP contribution is 2.31. The van der Waals surface area contributed by atoms with Crippen LogP contribution in [-0.4, -0.2) is 24.7 Å². The van der Waals surface area contributed by atoms with Crippen molar-refractivity contribution in [2.45, 2.75) is 31.1 Å². The van der Waals surface area contributed by atoms with Crippen LogP contribution in [0.4, 0.5) is 26.3 Å². The first-order valence-corrected chi connectivity index (χ1v) is 3.38. The lowest BCUT2D eigenvalue weighted by Gasteiger charge is -2.21. The first-order valence-electron chi connectivity index (χ1n) is 3.38. The molecule has 0 saturated carbocycles. The van der Waals surface area contributed by atoms with E-state index in [2.05, 4.69) is 6.58 Å². The van der Waals surface area contributed by atoms with Gasteiger partial charge < -0.3 is 0 Å². The number of allylic oxidation sites excluding steroid dienone is 1. The quantitative estimate of drug-likeness (QED) is 0.478. The molecule has 0 amide bonds. The van der Waals surface area contributed by atoms with Crippen LogP contribution in [0, 0.1) is 0 Å². The molecule has 0 heterocycles. The zero-order valence-corrected chi connectivity index (χ0v) is 6.49. The molecule has 0 aromatic carbocycles. The van der Waals surface area contributed by atoms with Crippen molar-refractivity contribution >= 4 is 0 Å². The van der Waals surface area contributed by atoms with Gasteiger partial charge in [0.15, 0.2) is 12.3 Å². The van der Waals surface area contributed by atoms with Crippen LogP contribution in [0.1, 0.15) is 6.42 Å². The minimum atomic E-state index is -4.36. The molecule has 6 heteroatoms. The molecule has 78 valence electrons. The van der Waals surface area contributed by atoms with E-state index in [-0.39, 0.29) is 0 Å². The summed E-state index contributed by atoms with van der Waals surface area (Å²) in [5.41, 5.74) is 0. The topological polar surface area (TPSA) is 0 Å². The highest BCUT2D eigenvalue weighted by Gasteiger charge is 2.46. The Morgan fingerprint density at radius 2 is 1.62 bits per heavy atom. The molecule has 0 aromatic heterocycles. The van der Waals surface area contributed by atoms with Crippen molar-refractivity contribution in [3.05, 3.63) is 12.7 Å². The van der Waals surface area contributed by atoms with E-state index in [1.807, 2.05) is 0 Å². The van der Waals surface area contributed by atoms with E-state index in [4.69, 9.17) is 0 Å². The molecule has 0 N–H and O–H groups in total. The van der Waals surface area contributed by atoms with Gasteiger partial charge in [0.2, 0.25) is 6.43 Å². The molecule has 0 nitrogen and oxygen atoms in total. The predicted molar refractivity (Wildman–Crippen MR) is 35.6 cm³/mol. The molecule has 0 aliphatic rings. The van der Waals surface area contributed by atoms with E-state index in [1.165, 1.54) is 0 Å². The normalized spacial score (nSPS) is 17.2. The highest BCUT2D eigenvalue weighted by molar-refractivity contribution is 4.92. The summed E-state index contributed by atoms with van der Waals surface area (Å²) in [6.45, 7) is 2.74. The summed E-state index contributed by atoms with van der Waals surface area (Å²) >= 11 is 0. The molecule has 0 bridgehead atoms. The lowest BCUT2D eigenvalue weighted by molar-refractivity contribution is -0.122. The second-order valence-corrected chi connectivity index (χ2v) is 2.44.